The van der Waals surface area contributed by atoms with Crippen LogP contribution in [0.5, 0.6) is 0 Å². The molecule has 0 aliphatic carbocycles. The smallest absolute Gasteiger partial charge is 0.225 e. The standard InChI is InChI=1S/C14H13Cl2NO3/c15-10-4-3-9(11(16)7-10)6-14(19)17-12(8-18)13-2-1-5-20-13/h1-5,7,12,18H,6,8H2,(H,17,19). The van der Waals surface area contributed by atoms with Crippen molar-refractivity contribution in [1.82, 2.24) is 5.32 Å². The van der Waals surface area contributed by atoms with Crippen molar-refractivity contribution in [3.63, 3.8) is 0 Å². The Balaban J connectivity index is 2.01. The first-order valence-electron chi connectivity index (χ1n) is 5.97. The van der Waals surface area contributed by atoms with Crippen LogP contribution >= 0.6 is 23.2 Å². The fraction of sp³-hybridized carbons (Fsp3) is 0.214. The van der Waals surface area contributed by atoms with Crippen molar-refractivity contribution < 1.29 is 14.3 Å². The van der Waals surface area contributed by atoms with E-state index < -0.39 is 6.04 Å². The monoisotopic (exact) mass is 313 g/mol. The van der Waals surface area contributed by atoms with E-state index >= 15 is 0 Å². The van der Waals surface area contributed by atoms with Crippen LogP contribution in [0.25, 0.3) is 0 Å². The minimum absolute atomic E-state index is 0.104. The summed E-state index contributed by atoms with van der Waals surface area (Å²) in [4.78, 5) is 12.0. The first kappa shape index (κ1) is 14.9. The highest BCUT2D eigenvalue weighted by molar-refractivity contribution is 6.35. The highest BCUT2D eigenvalue weighted by Crippen LogP contribution is 2.21. The highest BCUT2D eigenvalue weighted by atomic mass is 35.5. The van der Waals surface area contributed by atoms with Crippen molar-refractivity contribution in [3.05, 3.63) is 58.0 Å². The Bertz CT molecular complexity index is 584. The van der Waals surface area contributed by atoms with Crippen LogP contribution in [0.2, 0.25) is 10.0 Å². The lowest BCUT2D eigenvalue weighted by Gasteiger charge is -2.14. The molecule has 1 amide bonds. The Morgan fingerprint density at radius 2 is 2.15 bits per heavy atom. The molecule has 0 aliphatic rings. The van der Waals surface area contributed by atoms with E-state index in [0.717, 1.165) is 0 Å². The van der Waals surface area contributed by atoms with Gasteiger partial charge >= 0.3 is 0 Å². The molecule has 1 heterocycles. The Kier molecular flexibility index (Phi) is 5.06. The number of carbonyl (C=O) groups is 1. The molecule has 0 fully saturated rings. The van der Waals surface area contributed by atoms with E-state index in [0.29, 0.717) is 21.4 Å². The molecule has 2 aromatic rings. The van der Waals surface area contributed by atoms with Crippen molar-refractivity contribution in [2.45, 2.75) is 12.5 Å². The molecule has 0 spiro atoms. The number of halogens is 2. The largest absolute Gasteiger partial charge is 0.467 e. The van der Waals surface area contributed by atoms with E-state index in [4.69, 9.17) is 27.6 Å². The second-order valence-electron chi connectivity index (χ2n) is 4.23. The molecule has 1 aromatic heterocycles. The van der Waals surface area contributed by atoms with Crippen LogP contribution in [-0.2, 0) is 11.2 Å². The predicted octanol–water partition coefficient (Wildman–Crippen LogP) is 2.98. The van der Waals surface area contributed by atoms with Gasteiger partial charge in [0.1, 0.15) is 11.8 Å². The third-order valence-electron chi connectivity index (χ3n) is 2.77. The van der Waals surface area contributed by atoms with E-state index in [1.54, 1.807) is 30.3 Å². The van der Waals surface area contributed by atoms with Crippen molar-refractivity contribution in [2.24, 2.45) is 0 Å². The zero-order valence-electron chi connectivity index (χ0n) is 10.5. The van der Waals surface area contributed by atoms with Gasteiger partial charge in [0.2, 0.25) is 5.91 Å². The lowest BCUT2D eigenvalue weighted by molar-refractivity contribution is -0.121. The summed E-state index contributed by atoms with van der Waals surface area (Å²) < 4.78 is 5.16. The lowest BCUT2D eigenvalue weighted by atomic mass is 10.1. The second-order valence-corrected chi connectivity index (χ2v) is 5.07. The number of hydrogen-bond acceptors (Lipinski definition) is 3. The van der Waals surface area contributed by atoms with Crippen LogP contribution in [0.1, 0.15) is 17.4 Å². The Morgan fingerprint density at radius 1 is 1.35 bits per heavy atom. The number of benzene rings is 1. The number of furan rings is 1. The third kappa shape index (κ3) is 3.76. The number of carbonyl (C=O) groups excluding carboxylic acids is 1. The zero-order valence-corrected chi connectivity index (χ0v) is 12.0. The molecule has 0 saturated carbocycles. The third-order valence-corrected chi connectivity index (χ3v) is 3.36. The molecular formula is C14H13Cl2NO3. The van der Waals surface area contributed by atoms with Gasteiger partial charge in [-0.2, -0.15) is 0 Å². The average Bonchev–Trinajstić information content (AvgIpc) is 2.93. The van der Waals surface area contributed by atoms with Gasteiger partial charge in [-0.1, -0.05) is 29.3 Å². The van der Waals surface area contributed by atoms with Crippen LogP contribution in [0.15, 0.2) is 41.0 Å². The Labute approximate surface area is 126 Å². The summed E-state index contributed by atoms with van der Waals surface area (Å²) in [5, 5.41) is 12.9. The molecule has 0 radical (unpaired) electrons. The van der Waals surface area contributed by atoms with E-state index in [1.807, 2.05) is 0 Å². The number of aliphatic hydroxyl groups excluding tert-OH is 1. The summed E-state index contributed by atoms with van der Waals surface area (Å²) in [7, 11) is 0. The second kappa shape index (κ2) is 6.79. The van der Waals surface area contributed by atoms with Crippen LogP contribution < -0.4 is 5.32 Å². The SMILES string of the molecule is O=C(Cc1ccc(Cl)cc1Cl)NC(CO)c1ccco1. The molecule has 0 saturated heterocycles. The van der Waals surface area contributed by atoms with Crippen molar-refractivity contribution in [2.75, 3.05) is 6.61 Å². The maximum Gasteiger partial charge on any atom is 0.225 e. The van der Waals surface area contributed by atoms with Gasteiger partial charge in [0.25, 0.3) is 0 Å². The Hall–Kier alpha value is -1.49. The fourth-order valence-electron chi connectivity index (χ4n) is 1.78. The topological polar surface area (TPSA) is 62.5 Å². The molecule has 1 atom stereocenters. The van der Waals surface area contributed by atoms with Gasteiger partial charge < -0.3 is 14.8 Å². The zero-order chi connectivity index (χ0) is 14.5. The highest BCUT2D eigenvalue weighted by Gasteiger charge is 2.17. The summed E-state index contributed by atoms with van der Waals surface area (Å²) in [5.41, 5.74) is 0.671. The van der Waals surface area contributed by atoms with Gasteiger partial charge in [-0.05, 0) is 29.8 Å². The summed E-state index contributed by atoms with van der Waals surface area (Å²) in [6.45, 7) is -0.242. The van der Waals surface area contributed by atoms with Crippen LogP contribution in [0, 0.1) is 0 Å². The molecule has 6 heteroatoms. The fourth-order valence-corrected chi connectivity index (χ4v) is 2.25. The summed E-state index contributed by atoms with van der Waals surface area (Å²) in [6.07, 6.45) is 1.59. The van der Waals surface area contributed by atoms with Crippen LogP contribution in [-0.4, -0.2) is 17.6 Å². The molecule has 0 bridgehead atoms. The van der Waals surface area contributed by atoms with Crippen molar-refractivity contribution in [3.8, 4) is 0 Å². The number of amides is 1. The summed E-state index contributed by atoms with van der Waals surface area (Å²) >= 11 is 11.8. The molecule has 0 aliphatic heterocycles. The average molecular weight is 314 g/mol. The summed E-state index contributed by atoms with van der Waals surface area (Å²) in [6, 6.07) is 7.78. The Morgan fingerprint density at radius 3 is 2.75 bits per heavy atom. The van der Waals surface area contributed by atoms with Crippen LogP contribution in [0.4, 0.5) is 0 Å². The number of hydrogen-bond donors (Lipinski definition) is 2. The molecule has 2 rings (SSSR count). The predicted molar refractivity (Wildman–Crippen MR) is 76.8 cm³/mol. The number of aliphatic hydroxyl groups is 1. The minimum atomic E-state index is -0.566. The first-order chi connectivity index (χ1) is 9.60. The van der Waals surface area contributed by atoms with E-state index in [1.165, 1.54) is 6.26 Å². The quantitative estimate of drug-likeness (QED) is 0.892. The van der Waals surface area contributed by atoms with Gasteiger partial charge in [-0.25, -0.2) is 0 Å². The normalized spacial score (nSPS) is 12.2. The molecular weight excluding hydrogens is 301 g/mol. The van der Waals surface area contributed by atoms with E-state index in [-0.39, 0.29) is 18.9 Å². The molecule has 106 valence electrons. The van der Waals surface area contributed by atoms with Crippen LogP contribution in [0.3, 0.4) is 0 Å². The molecule has 1 aromatic carbocycles. The number of nitrogens with one attached hydrogen (secondary N) is 1. The number of rotatable bonds is 5. The van der Waals surface area contributed by atoms with Gasteiger partial charge in [0, 0.05) is 10.0 Å². The van der Waals surface area contributed by atoms with Gasteiger partial charge in [-0.3, -0.25) is 4.79 Å². The molecule has 20 heavy (non-hydrogen) atoms. The summed E-state index contributed by atoms with van der Waals surface area (Å²) in [5.74, 6) is 0.243. The molecule has 2 N–H and O–H groups in total. The van der Waals surface area contributed by atoms with Crippen molar-refractivity contribution in [1.29, 1.82) is 0 Å². The van der Waals surface area contributed by atoms with E-state index in [2.05, 4.69) is 5.32 Å². The maximum absolute atomic E-state index is 12.0. The molecule has 4 nitrogen and oxygen atoms in total. The van der Waals surface area contributed by atoms with Gasteiger partial charge in [0.15, 0.2) is 0 Å². The minimum Gasteiger partial charge on any atom is -0.467 e. The van der Waals surface area contributed by atoms with E-state index in [9.17, 15) is 9.90 Å². The first-order valence-corrected chi connectivity index (χ1v) is 6.73. The van der Waals surface area contributed by atoms with Gasteiger partial charge in [0.05, 0.1) is 19.3 Å². The molecule has 1 unspecified atom stereocenters. The lowest BCUT2D eigenvalue weighted by Crippen LogP contribution is -2.31. The van der Waals surface area contributed by atoms with Crippen molar-refractivity contribution >= 4 is 29.1 Å². The maximum atomic E-state index is 12.0. The van der Waals surface area contributed by atoms with Gasteiger partial charge in [-0.15, -0.1) is 0 Å².